The van der Waals surface area contributed by atoms with Crippen molar-refractivity contribution in [1.29, 1.82) is 0 Å². The van der Waals surface area contributed by atoms with Gasteiger partial charge in [0.05, 0.1) is 11.7 Å². The molecule has 1 fully saturated rings. The molecule has 1 N–H and O–H groups in total. The number of ether oxygens (including phenoxy) is 1. The van der Waals surface area contributed by atoms with E-state index >= 15 is 0 Å². The molecule has 116 valence electrons. The van der Waals surface area contributed by atoms with E-state index in [-0.39, 0.29) is 11.9 Å². The van der Waals surface area contributed by atoms with Gasteiger partial charge in [-0.1, -0.05) is 0 Å². The van der Waals surface area contributed by atoms with Crippen LogP contribution in [0.2, 0.25) is 0 Å². The van der Waals surface area contributed by atoms with Crippen LogP contribution >= 0.6 is 0 Å². The summed E-state index contributed by atoms with van der Waals surface area (Å²) >= 11 is 0. The molecule has 4 nitrogen and oxygen atoms in total. The van der Waals surface area contributed by atoms with Crippen LogP contribution in [-0.4, -0.2) is 35.8 Å². The molecule has 1 heterocycles. The normalized spacial score (nSPS) is 22.8. The number of nitrogens with zero attached hydrogens (tertiary/aromatic N) is 1. The second-order valence-corrected chi connectivity index (χ2v) is 5.13. The Balaban J connectivity index is 1.82. The van der Waals surface area contributed by atoms with E-state index in [1.807, 2.05) is 0 Å². The average Bonchev–Trinajstić information content (AvgIpc) is 2.46. The molecule has 0 aromatic carbocycles. The van der Waals surface area contributed by atoms with E-state index in [4.69, 9.17) is 4.74 Å². The summed E-state index contributed by atoms with van der Waals surface area (Å²) in [5.41, 5.74) is 0.441. The summed E-state index contributed by atoms with van der Waals surface area (Å²) in [5.74, 6) is -0.260. The minimum Gasteiger partial charge on any atom is -0.369 e. The molecule has 0 saturated heterocycles. The van der Waals surface area contributed by atoms with Gasteiger partial charge in [0.25, 0.3) is 5.91 Å². The number of halogens is 3. The van der Waals surface area contributed by atoms with Crippen molar-refractivity contribution in [2.75, 3.05) is 6.61 Å². The Morgan fingerprint density at radius 3 is 2.90 bits per heavy atom. The van der Waals surface area contributed by atoms with Crippen molar-refractivity contribution in [2.24, 2.45) is 0 Å². The number of pyridine rings is 1. The summed E-state index contributed by atoms with van der Waals surface area (Å²) in [4.78, 5) is 15.8. The smallest absolute Gasteiger partial charge is 0.369 e. The summed E-state index contributed by atoms with van der Waals surface area (Å²) < 4.78 is 41.3. The fraction of sp³-hybridized carbons (Fsp3) is 0.571. The van der Waals surface area contributed by atoms with Crippen molar-refractivity contribution in [2.45, 2.75) is 44.0 Å². The summed E-state index contributed by atoms with van der Waals surface area (Å²) in [7, 11) is 0. The van der Waals surface area contributed by atoms with Crippen molar-refractivity contribution < 1.29 is 22.7 Å². The van der Waals surface area contributed by atoms with Crippen molar-refractivity contribution in [3.05, 3.63) is 30.1 Å². The molecular weight excluding hydrogens is 285 g/mol. The predicted molar refractivity (Wildman–Crippen MR) is 69.8 cm³/mol. The summed E-state index contributed by atoms with van der Waals surface area (Å²) in [6, 6.07) is 3.14. The Kier molecular flexibility index (Phi) is 5.17. The molecule has 1 aliphatic rings. The number of nitrogens with one attached hydrogen (secondary N) is 1. The van der Waals surface area contributed by atoms with Crippen LogP contribution in [0, 0.1) is 0 Å². The standard InChI is InChI=1S/C14H17F3N2O2/c15-14(16,17)9-21-12-5-1-4-11(7-12)19-13(20)10-3-2-6-18-8-10/h2-3,6,8,11-12H,1,4-5,7,9H2,(H,19,20)/t11-,12-/m1/s1. The molecule has 0 radical (unpaired) electrons. The molecule has 0 spiro atoms. The van der Waals surface area contributed by atoms with Gasteiger partial charge in [0.15, 0.2) is 0 Å². The average molecular weight is 302 g/mol. The third kappa shape index (κ3) is 5.34. The van der Waals surface area contributed by atoms with Gasteiger partial charge in [-0.25, -0.2) is 0 Å². The molecule has 7 heteroatoms. The molecule has 1 aromatic heterocycles. The number of rotatable bonds is 4. The number of alkyl halides is 3. The van der Waals surface area contributed by atoms with Crippen LogP contribution in [0.3, 0.4) is 0 Å². The number of hydrogen-bond donors (Lipinski definition) is 1. The van der Waals surface area contributed by atoms with E-state index in [0.717, 1.165) is 12.8 Å². The molecule has 0 unspecified atom stereocenters. The highest BCUT2D eigenvalue weighted by Gasteiger charge is 2.31. The highest BCUT2D eigenvalue weighted by atomic mass is 19.4. The lowest BCUT2D eigenvalue weighted by Gasteiger charge is -2.30. The van der Waals surface area contributed by atoms with Gasteiger partial charge in [-0.3, -0.25) is 9.78 Å². The van der Waals surface area contributed by atoms with Gasteiger partial charge in [-0.15, -0.1) is 0 Å². The summed E-state index contributed by atoms with van der Waals surface area (Å²) in [5, 5.41) is 2.82. The van der Waals surface area contributed by atoms with Gasteiger partial charge in [0.1, 0.15) is 6.61 Å². The van der Waals surface area contributed by atoms with Crippen LogP contribution in [0.25, 0.3) is 0 Å². The van der Waals surface area contributed by atoms with Gasteiger partial charge in [-0.05, 0) is 37.8 Å². The fourth-order valence-corrected chi connectivity index (χ4v) is 2.41. The second kappa shape index (κ2) is 6.89. The monoisotopic (exact) mass is 302 g/mol. The first-order valence-corrected chi connectivity index (χ1v) is 6.83. The number of hydrogen-bond acceptors (Lipinski definition) is 3. The van der Waals surface area contributed by atoms with E-state index in [9.17, 15) is 18.0 Å². The van der Waals surface area contributed by atoms with Crippen LogP contribution in [-0.2, 0) is 4.74 Å². The Morgan fingerprint density at radius 2 is 2.24 bits per heavy atom. The summed E-state index contributed by atoms with van der Waals surface area (Å²) in [6.07, 6.45) is 0.732. The maximum absolute atomic E-state index is 12.1. The maximum atomic E-state index is 12.1. The molecule has 21 heavy (non-hydrogen) atoms. The number of aromatic nitrogens is 1. The largest absolute Gasteiger partial charge is 0.411 e. The first-order chi connectivity index (χ1) is 9.94. The molecule has 0 bridgehead atoms. The summed E-state index contributed by atoms with van der Waals surface area (Å²) in [6.45, 7) is -1.24. The Bertz CT molecular complexity index is 465. The lowest BCUT2D eigenvalue weighted by atomic mass is 9.92. The molecule has 1 aromatic rings. The third-order valence-electron chi connectivity index (χ3n) is 3.37. The van der Waals surface area contributed by atoms with Crippen molar-refractivity contribution in [1.82, 2.24) is 10.3 Å². The van der Waals surface area contributed by atoms with Crippen molar-refractivity contribution >= 4 is 5.91 Å². The van der Waals surface area contributed by atoms with Crippen LogP contribution < -0.4 is 5.32 Å². The number of carbonyl (C=O) groups is 1. The van der Waals surface area contributed by atoms with Crippen LogP contribution in [0.15, 0.2) is 24.5 Å². The van der Waals surface area contributed by atoms with Gasteiger partial charge in [0.2, 0.25) is 0 Å². The molecular formula is C14H17F3N2O2. The SMILES string of the molecule is O=C(N[C@@H]1CCC[C@@H](OCC(F)(F)F)C1)c1cccnc1. The molecule has 1 saturated carbocycles. The van der Waals surface area contributed by atoms with Crippen LogP contribution in [0.5, 0.6) is 0 Å². The fourth-order valence-electron chi connectivity index (χ4n) is 2.41. The number of carbonyl (C=O) groups excluding carboxylic acids is 1. The lowest BCUT2D eigenvalue weighted by Crippen LogP contribution is -2.41. The Morgan fingerprint density at radius 1 is 1.43 bits per heavy atom. The zero-order valence-corrected chi connectivity index (χ0v) is 11.4. The molecule has 0 aliphatic heterocycles. The van der Waals surface area contributed by atoms with Crippen molar-refractivity contribution in [3.8, 4) is 0 Å². The first kappa shape index (κ1) is 15.8. The first-order valence-electron chi connectivity index (χ1n) is 6.83. The minimum absolute atomic E-state index is 0.162. The highest BCUT2D eigenvalue weighted by Crippen LogP contribution is 2.24. The maximum Gasteiger partial charge on any atom is 0.411 e. The van der Waals surface area contributed by atoms with Gasteiger partial charge >= 0.3 is 6.18 Å². The van der Waals surface area contributed by atoms with Crippen LogP contribution in [0.1, 0.15) is 36.0 Å². The molecule has 1 amide bonds. The molecule has 2 rings (SSSR count). The lowest BCUT2D eigenvalue weighted by molar-refractivity contribution is -0.188. The van der Waals surface area contributed by atoms with Gasteiger partial charge in [-0.2, -0.15) is 13.2 Å². The molecule has 2 atom stereocenters. The predicted octanol–water partition coefficient (Wildman–Crippen LogP) is 2.70. The zero-order valence-electron chi connectivity index (χ0n) is 11.4. The van der Waals surface area contributed by atoms with E-state index in [1.54, 1.807) is 18.3 Å². The van der Waals surface area contributed by atoms with Gasteiger partial charge in [0, 0.05) is 18.4 Å². The quantitative estimate of drug-likeness (QED) is 0.930. The van der Waals surface area contributed by atoms with Crippen molar-refractivity contribution in [3.63, 3.8) is 0 Å². The topological polar surface area (TPSA) is 51.2 Å². The van der Waals surface area contributed by atoms with E-state index in [1.165, 1.54) is 6.20 Å². The zero-order chi connectivity index (χ0) is 15.3. The van der Waals surface area contributed by atoms with E-state index in [2.05, 4.69) is 10.3 Å². The number of amides is 1. The van der Waals surface area contributed by atoms with E-state index in [0.29, 0.717) is 18.4 Å². The third-order valence-corrected chi connectivity index (χ3v) is 3.37. The molecule has 1 aliphatic carbocycles. The Hall–Kier alpha value is -1.63. The highest BCUT2D eigenvalue weighted by molar-refractivity contribution is 5.93. The van der Waals surface area contributed by atoms with Crippen LogP contribution in [0.4, 0.5) is 13.2 Å². The van der Waals surface area contributed by atoms with E-state index < -0.39 is 18.9 Å². The minimum atomic E-state index is -4.31. The second-order valence-electron chi connectivity index (χ2n) is 5.13. The van der Waals surface area contributed by atoms with Gasteiger partial charge < -0.3 is 10.1 Å². The Labute approximate surface area is 120 Å².